The van der Waals surface area contributed by atoms with Crippen molar-refractivity contribution < 1.29 is 4.39 Å². The standard InChI is InChI=1S/C15H24ClFN2/c1-5-11(6-2)19(9-10(3)4)15-8-13(17)12(16)7-14(15)18/h7-8,10-11H,5-6,9,18H2,1-4H3. The molecule has 19 heavy (non-hydrogen) atoms. The third-order valence-corrected chi connectivity index (χ3v) is 3.61. The van der Waals surface area contributed by atoms with E-state index < -0.39 is 5.82 Å². The third kappa shape index (κ3) is 4.00. The molecule has 0 aromatic heterocycles. The topological polar surface area (TPSA) is 29.3 Å². The fourth-order valence-corrected chi connectivity index (χ4v) is 2.54. The zero-order valence-electron chi connectivity index (χ0n) is 12.2. The normalized spacial score (nSPS) is 11.4. The Morgan fingerprint density at radius 1 is 1.26 bits per heavy atom. The van der Waals surface area contributed by atoms with Crippen LogP contribution in [0.25, 0.3) is 0 Å². The summed E-state index contributed by atoms with van der Waals surface area (Å²) in [6, 6.07) is 3.32. The largest absolute Gasteiger partial charge is 0.397 e. The van der Waals surface area contributed by atoms with Crippen LogP contribution in [0.2, 0.25) is 5.02 Å². The van der Waals surface area contributed by atoms with E-state index in [9.17, 15) is 4.39 Å². The summed E-state index contributed by atoms with van der Waals surface area (Å²) in [7, 11) is 0. The minimum atomic E-state index is -0.412. The smallest absolute Gasteiger partial charge is 0.144 e. The maximum atomic E-state index is 13.7. The molecule has 0 amide bonds. The van der Waals surface area contributed by atoms with Crippen LogP contribution in [0.5, 0.6) is 0 Å². The Kier molecular flexibility index (Phi) is 5.92. The SMILES string of the molecule is CCC(CC)N(CC(C)C)c1cc(F)c(Cl)cc1N. The van der Waals surface area contributed by atoms with E-state index in [4.69, 9.17) is 17.3 Å². The predicted molar refractivity (Wildman–Crippen MR) is 82.4 cm³/mol. The maximum Gasteiger partial charge on any atom is 0.144 e. The van der Waals surface area contributed by atoms with E-state index in [1.807, 2.05) is 0 Å². The van der Waals surface area contributed by atoms with Gasteiger partial charge in [-0.3, -0.25) is 0 Å². The number of hydrogen-bond acceptors (Lipinski definition) is 2. The fraction of sp³-hybridized carbons (Fsp3) is 0.600. The molecular weight excluding hydrogens is 263 g/mol. The Hall–Kier alpha value is -0.960. The van der Waals surface area contributed by atoms with Gasteiger partial charge >= 0.3 is 0 Å². The Labute approximate surface area is 120 Å². The zero-order valence-corrected chi connectivity index (χ0v) is 13.0. The highest BCUT2D eigenvalue weighted by molar-refractivity contribution is 6.31. The molecule has 0 aliphatic heterocycles. The summed E-state index contributed by atoms with van der Waals surface area (Å²) >= 11 is 5.77. The van der Waals surface area contributed by atoms with Gasteiger partial charge in [0.2, 0.25) is 0 Å². The van der Waals surface area contributed by atoms with Crippen molar-refractivity contribution >= 4 is 23.0 Å². The molecule has 0 atom stereocenters. The van der Waals surface area contributed by atoms with Crippen LogP contribution in [-0.2, 0) is 0 Å². The van der Waals surface area contributed by atoms with Gasteiger partial charge in [0.1, 0.15) is 5.82 Å². The molecule has 0 aliphatic rings. The number of rotatable bonds is 6. The van der Waals surface area contributed by atoms with Gasteiger partial charge in [0.25, 0.3) is 0 Å². The molecule has 0 heterocycles. The van der Waals surface area contributed by atoms with Crippen molar-refractivity contribution in [2.24, 2.45) is 5.92 Å². The number of anilines is 2. The second kappa shape index (κ2) is 6.99. The molecule has 4 heteroatoms. The molecule has 0 bridgehead atoms. The number of hydrogen-bond donors (Lipinski definition) is 1. The molecule has 108 valence electrons. The van der Waals surface area contributed by atoms with Crippen LogP contribution in [0.4, 0.5) is 15.8 Å². The third-order valence-electron chi connectivity index (χ3n) is 3.32. The van der Waals surface area contributed by atoms with Crippen molar-refractivity contribution in [2.75, 3.05) is 17.2 Å². The van der Waals surface area contributed by atoms with E-state index in [0.29, 0.717) is 17.6 Å². The lowest BCUT2D eigenvalue weighted by molar-refractivity contribution is 0.506. The van der Waals surface area contributed by atoms with Crippen LogP contribution in [0.3, 0.4) is 0 Å². The van der Waals surface area contributed by atoms with Crippen LogP contribution in [0.1, 0.15) is 40.5 Å². The maximum absolute atomic E-state index is 13.7. The Balaban J connectivity index is 3.20. The average molecular weight is 287 g/mol. The highest BCUT2D eigenvalue weighted by atomic mass is 35.5. The molecule has 2 nitrogen and oxygen atoms in total. The summed E-state index contributed by atoms with van der Waals surface area (Å²) in [5, 5.41) is 0.0790. The van der Waals surface area contributed by atoms with Gasteiger partial charge in [-0.1, -0.05) is 39.3 Å². The van der Waals surface area contributed by atoms with Gasteiger partial charge in [-0.05, 0) is 24.8 Å². The van der Waals surface area contributed by atoms with Crippen LogP contribution < -0.4 is 10.6 Å². The van der Waals surface area contributed by atoms with Crippen molar-refractivity contribution in [2.45, 2.75) is 46.6 Å². The summed E-state index contributed by atoms with van der Waals surface area (Å²) < 4.78 is 13.7. The van der Waals surface area contributed by atoms with Gasteiger partial charge in [-0.25, -0.2) is 4.39 Å². The van der Waals surface area contributed by atoms with Crippen LogP contribution >= 0.6 is 11.6 Å². The first-order valence-electron chi connectivity index (χ1n) is 6.91. The van der Waals surface area contributed by atoms with E-state index in [-0.39, 0.29) is 5.02 Å². The Bertz CT molecular complexity index is 417. The first kappa shape index (κ1) is 16.1. The van der Waals surface area contributed by atoms with Crippen LogP contribution in [-0.4, -0.2) is 12.6 Å². The van der Waals surface area contributed by atoms with Gasteiger partial charge in [0, 0.05) is 18.7 Å². The number of halogens is 2. The van der Waals surface area contributed by atoms with E-state index in [1.165, 1.54) is 12.1 Å². The number of nitrogens with zero attached hydrogens (tertiary/aromatic N) is 1. The quantitative estimate of drug-likeness (QED) is 0.767. The first-order chi connectivity index (χ1) is 8.90. The molecule has 0 fully saturated rings. The lowest BCUT2D eigenvalue weighted by atomic mass is 10.1. The Morgan fingerprint density at radius 3 is 2.32 bits per heavy atom. The second-order valence-electron chi connectivity index (χ2n) is 5.34. The fourth-order valence-electron chi connectivity index (χ4n) is 2.37. The highest BCUT2D eigenvalue weighted by Gasteiger charge is 2.20. The van der Waals surface area contributed by atoms with E-state index >= 15 is 0 Å². The first-order valence-corrected chi connectivity index (χ1v) is 7.29. The van der Waals surface area contributed by atoms with E-state index in [1.54, 1.807) is 0 Å². The molecule has 0 saturated heterocycles. The van der Waals surface area contributed by atoms with Gasteiger partial charge in [0.05, 0.1) is 16.4 Å². The summed E-state index contributed by atoms with van der Waals surface area (Å²) in [5.41, 5.74) is 7.32. The molecule has 1 rings (SSSR count). The minimum absolute atomic E-state index is 0.0790. The monoisotopic (exact) mass is 286 g/mol. The molecular formula is C15H24ClFN2. The summed E-state index contributed by atoms with van der Waals surface area (Å²) in [6.07, 6.45) is 2.01. The lowest BCUT2D eigenvalue weighted by Gasteiger charge is -2.35. The number of benzene rings is 1. The van der Waals surface area contributed by atoms with Crippen LogP contribution in [0.15, 0.2) is 12.1 Å². The molecule has 0 saturated carbocycles. The molecule has 0 spiro atoms. The molecule has 0 unspecified atom stereocenters. The predicted octanol–water partition coefficient (Wildman–Crippen LogP) is 4.71. The minimum Gasteiger partial charge on any atom is -0.397 e. The lowest BCUT2D eigenvalue weighted by Crippen LogP contribution is -2.37. The van der Waals surface area contributed by atoms with Gasteiger partial charge in [0.15, 0.2) is 0 Å². The zero-order chi connectivity index (χ0) is 14.6. The summed E-state index contributed by atoms with van der Waals surface area (Å²) in [4.78, 5) is 2.21. The van der Waals surface area contributed by atoms with E-state index in [2.05, 4.69) is 32.6 Å². The van der Waals surface area contributed by atoms with Crippen molar-refractivity contribution in [3.05, 3.63) is 23.0 Å². The van der Waals surface area contributed by atoms with E-state index in [0.717, 1.165) is 25.1 Å². The highest BCUT2D eigenvalue weighted by Crippen LogP contribution is 2.32. The molecule has 0 radical (unpaired) electrons. The average Bonchev–Trinajstić information content (AvgIpc) is 2.33. The van der Waals surface area contributed by atoms with Crippen molar-refractivity contribution in [3.63, 3.8) is 0 Å². The number of nitrogens with two attached hydrogens (primary N) is 1. The van der Waals surface area contributed by atoms with Crippen LogP contribution in [0, 0.1) is 11.7 Å². The summed E-state index contributed by atoms with van der Waals surface area (Å²) in [6.45, 7) is 9.45. The Morgan fingerprint density at radius 2 is 1.84 bits per heavy atom. The van der Waals surface area contributed by atoms with Gasteiger partial charge in [-0.15, -0.1) is 0 Å². The molecule has 1 aromatic rings. The molecule has 1 aromatic carbocycles. The van der Waals surface area contributed by atoms with Crippen molar-refractivity contribution in [1.82, 2.24) is 0 Å². The summed E-state index contributed by atoms with van der Waals surface area (Å²) in [5.74, 6) is 0.0734. The van der Waals surface area contributed by atoms with Gasteiger partial charge in [-0.2, -0.15) is 0 Å². The molecule has 2 N–H and O–H groups in total. The van der Waals surface area contributed by atoms with Gasteiger partial charge < -0.3 is 10.6 Å². The van der Waals surface area contributed by atoms with Crippen molar-refractivity contribution in [1.29, 1.82) is 0 Å². The number of nitrogen functional groups attached to an aromatic ring is 1. The second-order valence-corrected chi connectivity index (χ2v) is 5.75. The van der Waals surface area contributed by atoms with Crippen molar-refractivity contribution in [3.8, 4) is 0 Å². The molecule has 0 aliphatic carbocycles.